The molecule has 2 N–H and O–H groups in total. The van der Waals surface area contributed by atoms with Crippen molar-refractivity contribution in [1.82, 2.24) is 5.06 Å². The second kappa shape index (κ2) is 6.61. The highest BCUT2D eigenvalue weighted by molar-refractivity contribution is 5.31. The van der Waals surface area contributed by atoms with Crippen molar-refractivity contribution in [2.75, 3.05) is 6.61 Å². The predicted octanol–water partition coefficient (Wildman–Crippen LogP) is 3.12. The van der Waals surface area contributed by atoms with Gasteiger partial charge in [-0.3, -0.25) is 4.84 Å². The molecule has 1 aliphatic rings. The molecule has 3 heteroatoms. The average molecular weight is 296 g/mol. The van der Waals surface area contributed by atoms with Gasteiger partial charge in [0.2, 0.25) is 0 Å². The summed E-state index contributed by atoms with van der Waals surface area (Å²) < 4.78 is 0. The van der Waals surface area contributed by atoms with E-state index in [1.165, 1.54) is 27.8 Å². The van der Waals surface area contributed by atoms with Gasteiger partial charge < -0.3 is 5.73 Å². The van der Waals surface area contributed by atoms with Gasteiger partial charge >= 0.3 is 0 Å². The highest BCUT2D eigenvalue weighted by Crippen LogP contribution is 2.22. The lowest BCUT2D eigenvalue weighted by molar-refractivity contribution is -0.169. The molecule has 3 rings (SSSR count). The van der Waals surface area contributed by atoms with Gasteiger partial charge in [0.05, 0.1) is 6.61 Å². The van der Waals surface area contributed by atoms with E-state index in [1.54, 1.807) is 0 Å². The second-order valence-corrected chi connectivity index (χ2v) is 6.26. The van der Waals surface area contributed by atoms with Crippen LogP contribution in [-0.2, 0) is 24.3 Å². The maximum atomic E-state index is 6.24. The Morgan fingerprint density at radius 3 is 2.41 bits per heavy atom. The van der Waals surface area contributed by atoms with E-state index in [9.17, 15) is 0 Å². The molecule has 0 aromatic heterocycles. The van der Waals surface area contributed by atoms with Crippen LogP contribution in [-0.4, -0.2) is 17.7 Å². The van der Waals surface area contributed by atoms with Crippen LogP contribution in [0, 0.1) is 13.8 Å². The number of benzene rings is 2. The summed E-state index contributed by atoms with van der Waals surface area (Å²) in [5.41, 5.74) is 12.9. The Morgan fingerprint density at radius 2 is 1.77 bits per heavy atom. The fourth-order valence-electron chi connectivity index (χ4n) is 3.01. The van der Waals surface area contributed by atoms with Crippen molar-refractivity contribution in [3.8, 4) is 0 Å². The average Bonchev–Trinajstić information content (AvgIpc) is 2.91. The van der Waals surface area contributed by atoms with E-state index in [2.05, 4.69) is 56.3 Å². The van der Waals surface area contributed by atoms with Crippen molar-refractivity contribution >= 4 is 0 Å². The fraction of sp³-hybridized carbons (Fsp3) is 0.368. The number of hydroxylamine groups is 2. The van der Waals surface area contributed by atoms with Gasteiger partial charge in [-0.25, -0.2) is 0 Å². The van der Waals surface area contributed by atoms with Gasteiger partial charge in [0.15, 0.2) is 0 Å². The smallest absolute Gasteiger partial charge is 0.0839 e. The minimum absolute atomic E-state index is 0.0186. The van der Waals surface area contributed by atoms with Crippen molar-refractivity contribution in [3.05, 3.63) is 70.3 Å². The van der Waals surface area contributed by atoms with E-state index < -0.39 is 0 Å². The summed E-state index contributed by atoms with van der Waals surface area (Å²) in [6.07, 6.45) is 0.854. The summed E-state index contributed by atoms with van der Waals surface area (Å²) in [6.45, 7) is 6.53. The Bertz CT molecular complexity index is 629. The molecule has 22 heavy (non-hydrogen) atoms. The molecule has 3 nitrogen and oxygen atoms in total. The molecule has 0 spiro atoms. The van der Waals surface area contributed by atoms with E-state index >= 15 is 0 Å². The monoisotopic (exact) mass is 296 g/mol. The van der Waals surface area contributed by atoms with Crippen molar-refractivity contribution in [2.24, 2.45) is 5.73 Å². The van der Waals surface area contributed by atoms with E-state index in [0.717, 1.165) is 19.5 Å². The van der Waals surface area contributed by atoms with E-state index in [-0.39, 0.29) is 6.04 Å². The summed E-state index contributed by atoms with van der Waals surface area (Å²) >= 11 is 0. The maximum Gasteiger partial charge on any atom is 0.0839 e. The number of hydrogen-bond donors (Lipinski definition) is 1. The van der Waals surface area contributed by atoms with Crippen LogP contribution in [0.1, 0.15) is 27.8 Å². The van der Waals surface area contributed by atoms with Crippen molar-refractivity contribution < 1.29 is 4.84 Å². The van der Waals surface area contributed by atoms with Gasteiger partial charge in [-0.2, -0.15) is 5.06 Å². The molecule has 1 aliphatic heterocycles. The standard InChI is InChI=1S/C19H24N2O/c1-14-7-8-16(15(2)9-14)10-19(20)13-22-21-11-17-5-3-4-6-18(17)12-21/h3-9,19H,10-13,20H2,1-2H3. The van der Waals surface area contributed by atoms with Crippen LogP contribution in [0.15, 0.2) is 42.5 Å². The molecule has 116 valence electrons. The SMILES string of the molecule is Cc1ccc(CC(N)CON2Cc3ccccc3C2)c(C)c1. The van der Waals surface area contributed by atoms with Crippen molar-refractivity contribution in [3.63, 3.8) is 0 Å². The van der Waals surface area contributed by atoms with Crippen LogP contribution >= 0.6 is 0 Å². The predicted molar refractivity (Wildman–Crippen MR) is 89.2 cm³/mol. The molecule has 1 heterocycles. The summed E-state index contributed by atoms with van der Waals surface area (Å²) in [6, 6.07) is 15.0. The zero-order valence-electron chi connectivity index (χ0n) is 13.4. The molecule has 2 aromatic rings. The number of hydrogen-bond acceptors (Lipinski definition) is 3. The van der Waals surface area contributed by atoms with Crippen LogP contribution in [0.5, 0.6) is 0 Å². The molecule has 0 bridgehead atoms. The van der Waals surface area contributed by atoms with Gasteiger partial charge in [-0.15, -0.1) is 0 Å². The second-order valence-electron chi connectivity index (χ2n) is 6.26. The molecule has 0 saturated carbocycles. The number of fused-ring (bicyclic) bond motifs is 1. The summed E-state index contributed by atoms with van der Waals surface area (Å²) in [5.74, 6) is 0. The Balaban J connectivity index is 1.50. The maximum absolute atomic E-state index is 6.24. The van der Waals surface area contributed by atoms with Gasteiger partial charge in [0.25, 0.3) is 0 Å². The third-order valence-corrected chi connectivity index (χ3v) is 4.26. The Kier molecular flexibility index (Phi) is 4.57. The zero-order valence-corrected chi connectivity index (χ0v) is 13.4. The first-order valence-electron chi connectivity index (χ1n) is 7.88. The van der Waals surface area contributed by atoms with Crippen LogP contribution in [0.3, 0.4) is 0 Å². The summed E-state index contributed by atoms with van der Waals surface area (Å²) in [7, 11) is 0. The normalized spacial score (nSPS) is 15.8. The van der Waals surface area contributed by atoms with E-state index in [0.29, 0.717) is 6.61 Å². The lowest BCUT2D eigenvalue weighted by Gasteiger charge is -2.19. The van der Waals surface area contributed by atoms with Gasteiger partial charge in [-0.1, -0.05) is 48.0 Å². The molecular weight excluding hydrogens is 272 g/mol. The van der Waals surface area contributed by atoms with Gasteiger partial charge in [0, 0.05) is 19.1 Å². The third-order valence-electron chi connectivity index (χ3n) is 4.26. The molecule has 0 aliphatic carbocycles. The first-order valence-corrected chi connectivity index (χ1v) is 7.88. The summed E-state index contributed by atoms with van der Waals surface area (Å²) in [5, 5.41) is 2.01. The lowest BCUT2D eigenvalue weighted by Crippen LogP contribution is -2.32. The van der Waals surface area contributed by atoms with Crippen LogP contribution < -0.4 is 5.73 Å². The van der Waals surface area contributed by atoms with Crippen LogP contribution in [0.2, 0.25) is 0 Å². The van der Waals surface area contributed by atoms with Gasteiger partial charge in [0.1, 0.15) is 0 Å². The minimum Gasteiger partial charge on any atom is -0.325 e. The number of aryl methyl sites for hydroxylation is 2. The van der Waals surface area contributed by atoms with Crippen molar-refractivity contribution in [1.29, 1.82) is 0 Å². The zero-order chi connectivity index (χ0) is 15.5. The largest absolute Gasteiger partial charge is 0.325 e. The molecule has 1 atom stereocenters. The Morgan fingerprint density at radius 1 is 1.09 bits per heavy atom. The molecular formula is C19H24N2O. The highest BCUT2D eigenvalue weighted by Gasteiger charge is 2.19. The topological polar surface area (TPSA) is 38.5 Å². The van der Waals surface area contributed by atoms with Crippen LogP contribution in [0.4, 0.5) is 0 Å². The summed E-state index contributed by atoms with van der Waals surface area (Å²) in [4.78, 5) is 5.89. The molecule has 1 unspecified atom stereocenters. The Hall–Kier alpha value is -1.68. The first kappa shape index (κ1) is 15.2. The number of nitrogens with zero attached hydrogens (tertiary/aromatic N) is 1. The van der Waals surface area contributed by atoms with Crippen molar-refractivity contribution in [2.45, 2.75) is 39.4 Å². The fourth-order valence-corrected chi connectivity index (χ4v) is 3.01. The number of rotatable bonds is 5. The molecule has 0 fully saturated rings. The van der Waals surface area contributed by atoms with Crippen LogP contribution in [0.25, 0.3) is 0 Å². The molecule has 0 amide bonds. The third kappa shape index (κ3) is 3.55. The van der Waals surface area contributed by atoms with E-state index in [4.69, 9.17) is 10.6 Å². The van der Waals surface area contributed by atoms with E-state index in [1.807, 2.05) is 5.06 Å². The molecule has 0 saturated heterocycles. The quantitative estimate of drug-likeness (QED) is 0.921. The Labute approximate surface area is 132 Å². The van der Waals surface area contributed by atoms with Gasteiger partial charge in [-0.05, 0) is 42.5 Å². The lowest BCUT2D eigenvalue weighted by atomic mass is 10.00. The molecule has 0 radical (unpaired) electrons. The first-order chi connectivity index (χ1) is 10.6. The molecule has 2 aromatic carbocycles. The highest BCUT2D eigenvalue weighted by atomic mass is 16.7. The minimum atomic E-state index is 0.0186. The number of nitrogens with two attached hydrogens (primary N) is 1.